The van der Waals surface area contributed by atoms with Gasteiger partial charge in [0.2, 0.25) is 0 Å². The fourth-order valence-electron chi connectivity index (χ4n) is 3.88. The van der Waals surface area contributed by atoms with Crippen molar-refractivity contribution in [3.63, 3.8) is 0 Å². The topological polar surface area (TPSA) is 110 Å². The van der Waals surface area contributed by atoms with Crippen LogP contribution in [0.5, 0.6) is 0 Å². The van der Waals surface area contributed by atoms with E-state index in [1.54, 1.807) is 29.2 Å². The van der Waals surface area contributed by atoms with Gasteiger partial charge in [0.25, 0.3) is 0 Å². The first-order valence-corrected chi connectivity index (χ1v) is 11.5. The molecule has 1 fully saturated rings. The van der Waals surface area contributed by atoms with E-state index >= 15 is 4.39 Å². The molecular weight excluding hydrogens is 439 g/mol. The quantitative estimate of drug-likeness (QED) is 0.441. The lowest BCUT2D eigenvalue weighted by molar-refractivity contribution is 0.0968. The number of halogens is 1. The Balaban J connectivity index is 1.53. The number of hydrogen-bond acceptors (Lipinski definition) is 5. The zero-order valence-corrected chi connectivity index (χ0v) is 19.7. The largest absolute Gasteiger partial charge is 0.396 e. The van der Waals surface area contributed by atoms with Gasteiger partial charge < -0.3 is 26.0 Å². The van der Waals surface area contributed by atoms with Crippen molar-refractivity contribution >= 4 is 23.4 Å². The summed E-state index contributed by atoms with van der Waals surface area (Å²) in [6, 6.07) is 7.75. The summed E-state index contributed by atoms with van der Waals surface area (Å²) in [7, 11) is 0. The third-order valence-corrected chi connectivity index (χ3v) is 5.72. The van der Waals surface area contributed by atoms with Crippen LogP contribution in [-0.4, -0.2) is 70.8 Å². The molecule has 0 bridgehead atoms. The van der Waals surface area contributed by atoms with Crippen molar-refractivity contribution in [2.75, 3.05) is 43.4 Å². The van der Waals surface area contributed by atoms with Crippen LogP contribution in [0.4, 0.5) is 25.4 Å². The zero-order chi connectivity index (χ0) is 24.5. The number of piperazine rings is 1. The summed E-state index contributed by atoms with van der Waals surface area (Å²) in [5.41, 5.74) is 1.93. The molecule has 3 rings (SSSR count). The van der Waals surface area contributed by atoms with E-state index in [9.17, 15) is 9.59 Å². The number of nitrogens with zero attached hydrogens (tertiary/aromatic N) is 3. The number of carbonyl (C=O) groups is 2. The van der Waals surface area contributed by atoms with Gasteiger partial charge in [-0.1, -0.05) is 12.1 Å². The molecule has 1 atom stereocenters. The van der Waals surface area contributed by atoms with Gasteiger partial charge in [0, 0.05) is 56.6 Å². The summed E-state index contributed by atoms with van der Waals surface area (Å²) >= 11 is 0. The molecule has 2 aromatic rings. The van der Waals surface area contributed by atoms with Crippen LogP contribution < -0.4 is 16.0 Å². The van der Waals surface area contributed by atoms with Crippen molar-refractivity contribution in [3.05, 3.63) is 53.6 Å². The molecular formula is C24H33FN6O3. The van der Waals surface area contributed by atoms with Crippen molar-refractivity contribution in [3.8, 4) is 0 Å². The summed E-state index contributed by atoms with van der Waals surface area (Å²) in [4.78, 5) is 32.7. The van der Waals surface area contributed by atoms with Gasteiger partial charge in [-0.25, -0.2) is 14.0 Å². The predicted octanol–water partition coefficient (Wildman–Crippen LogP) is 3.16. The molecule has 10 heteroatoms. The normalized spacial score (nSPS) is 16.2. The van der Waals surface area contributed by atoms with Crippen LogP contribution in [0.3, 0.4) is 0 Å². The minimum atomic E-state index is -0.547. The highest BCUT2D eigenvalue weighted by molar-refractivity contribution is 5.99. The maximum atomic E-state index is 15.1. The lowest BCUT2D eigenvalue weighted by Crippen LogP contribution is -2.56. The van der Waals surface area contributed by atoms with E-state index in [1.807, 2.05) is 13.8 Å². The zero-order valence-electron chi connectivity index (χ0n) is 19.7. The molecule has 0 radical (unpaired) electrons. The molecule has 0 saturated carbocycles. The summed E-state index contributed by atoms with van der Waals surface area (Å²) < 4.78 is 15.1. The number of benzene rings is 1. The molecule has 1 aromatic carbocycles. The van der Waals surface area contributed by atoms with Crippen LogP contribution in [-0.2, 0) is 6.54 Å². The summed E-state index contributed by atoms with van der Waals surface area (Å²) in [5, 5.41) is 16.9. The second kappa shape index (κ2) is 12.3. The maximum absolute atomic E-state index is 15.1. The molecule has 4 amide bonds. The minimum absolute atomic E-state index is 0.0233. The molecule has 0 spiro atoms. The highest BCUT2D eigenvalue weighted by atomic mass is 19.1. The summed E-state index contributed by atoms with van der Waals surface area (Å²) in [5.74, 6) is -0.476. The number of urea groups is 2. The molecule has 34 heavy (non-hydrogen) atoms. The first-order valence-electron chi connectivity index (χ1n) is 11.5. The number of amides is 4. The Kier molecular flexibility index (Phi) is 9.17. The maximum Gasteiger partial charge on any atom is 0.323 e. The van der Waals surface area contributed by atoms with Crippen LogP contribution in [0.2, 0.25) is 0 Å². The Morgan fingerprint density at radius 1 is 1.18 bits per heavy atom. The molecule has 0 aliphatic carbocycles. The number of anilines is 2. The number of nitrogens with one attached hydrogen (secondary N) is 3. The SMILES string of the molecule is Cc1ccc(NC(=O)Nc2cccc(CN3CCN(C(=O)NCCCCO)[C@H](C)C3)c2F)cn1. The van der Waals surface area contributed by atoms with Crippen molar-refractivity contribution < 1.29 is 19.1 Å². The van der Waals surface area contributed by atoms with E-state index in [0.29, 0.717) is 50.4 Å². The number of aliphatic hydroxyl groups is 1. The minimum Gasteiger partial charge on any atom is -0.396 e. The fourth-order valence-corrected chi connectivity index (χ4v) is 3.88. The summed E-state index contributed by atoms with van der Waals surface area (Å²) in [6.45, 7) is 6.62. The van der Waals surface area contributed by atoms with Gasteiger partial charge in [0.05, 0.1) is 17.6 Å². The predicted molar refractivity (Wildman–Crippen MR) is 129 cm³/mol. The average molecular weight is 473 g/mol. The highest BCUT2D eigenvalue weighted by Crippen LogP contribution is 2.21. The molecule has 1 saturated heterocycles. The number of hydrogen-bond donors (Lipinski definition) is 4. The van der Waals surface area contributed by atoms with Crippen molar-refractivity contribution in [2.24, 2.45) is 0 Å². The number of carbonyl (C=O) groups excluding carboxylic acids is 2. The second-order valence-electron chi connectivity index (χ2n) is 8.49. The first-order chi connectivity index (χ1) is 16.4. The molecule has 184 valence electrons. The van der Waals surface area contributed by atoms with E-state index in [4.69, 9.17) is 5.11 Å². The van der Waals surface area contributed by atoms with Gasteiger partial charge >= 0.3 is 12.1 Å². The molecule has 1 aromatic heterocycles. The third kappa shape index (κ3) is 7.13. The van der Waals surface area contributed by atoms with Gasteiger partial charge in [-0.05, 0) is 44.9 Å². The number of pyridine rings is 1. The monoisotopic (exact) mass is 472 g/mol. The van der Waals surface area contributed by atoms with Crippen molar-refractivity contribution in [1.82, 2.24) is 20.1 Å². The molecule has 4 N–H and O–H groups in total. The number of unbranched alkanes of at least 4 members (excludes halogenated alkanes) is 1. The van der Waals surface area contributed by atoms with Gasteiger partial charge in [-0.15, -0.1) is 0 Å². The van der Waals surface area contributed by atoms with Crippen LogP contribution in [0.15, 0.2) is 36.5 Å². The highest BCUT2D eigenvalue weighted by Gasteiger charge is 2.27. The smallest absolute Gasteiger partial charge is 0.323 e. The number of aromatic nitrogens is 1. The number of aliphatic hydroxyl groups excluding tert-OH is 1. The van der Waals surface area contributed by atoms with Gasteiger partial charge in [-0.3, -0.25) is 9.88 Å². The van der Waals surface area contributed by atoms with Gasteiger partial charge in [-0.2, -0.15) is 0 Å². The molecule has 1 aliphatic rings. The van der Waals surface area contributed by atoms with E-state index in [1.165, 1.54) is 12.3 Å². The Bertz CT molecular complexity index is 972. The molecule has 9 nitrogen and oxygen atoms in total. The Hall–Kier alpha value is -3.24. The first kappa shape index (κ1) is 25.4. The Morgan fingerprint density at radius 2 is 2.00 bits per heavy atom. The van der Waals surface area contributed by atoms with Crippen LogP contribution in [0.25, 0.3) is 0 Å². The van der Waals surface area contributed by atoms with Gasteiger partial charge in [0.1, 0.15) is 0 Å². The summed E-state index contributed by atoms with van der Waals surface area (Å²) in [6.07, 6.45) is 2.94. The molecule has 1 aliphatic heterocycles. The van der Waals surface area contributed by atoms with Gasteiger partial charge in [0.15, 0.2) is 5.82 Å². The fraction of sp³-hybridized carbons (Fsp3) is 0.458. The van der Waals surface area contributed by atoms with Crippen LogP contribution in [0, 0.1) is 12.7 Å². The average Bonchev–Trinajstić information content (AvgIpc) is 2.81. The van der Waals surface area contributed by atoms with E-state index in [0.717, 1.165) is 12.1 Å². The lowest BCUT2D eigenvalue weighted by atomic mass is 10.1. The number of aryl methyl sites for hydroxylation is 1. The lowest BCUT2D eigenvalue weighted by Gasteiger charge is -2.39. The van der Waals surface area contributed by atoms with E-state index < -0.39 is 11.8 Å². The van der Waals surface area contributed by atoms with E-state index in [-0.39, 0.29) is 24.4 Å². The van der Waals surface area contributed by atoms with Crippen molar-refractivity contribution in [2.45, 2.75) is 39.3 Å². The standard InChI is InChI=1S/C24H33FN6O3/c1-17-8-9-20(14-27-17)28-23(33)29-21-7-5-6-19(22(21)25)16-30-11-12-31(18(2)15-30)24(34)26-10-3-4-13-32/h5-9,14,18,32H,3-4,10-13,15-16H2,1-2H3,(H,26,34)(H2,28,29,33)/t18-/m1/s1. The van der Waals surface area contributed by atoms with E-state index in [2.05, 4.69) is 25.8 Å². The Labute approximate surface area is 199 Å². The molecule has 0 unspecified atom stereocenters. The third-order valence-electron chi connectivity index (χ3n) is 5.72. The second-order valence-corrected chi connectivity index (χ2v) is 8.49. The Morgan fingerprint density at radius 3 is 2.71 bits per heavy atom. The van der Waals surface area contributed by atoms with Crippen LogP contribution in [0.1, 0.15) is 31.0 Å². The number of rotatable bonds is 8. The van der Waals surface area contributed by atoms with Crippen molar-refractivity contribution in [1.29, 1.82) is 0 Å². The van der Waals surface area contributed by atoms with Crippen LogP contribution >= 0.6 is 0 Å². The molecule has 2 heterocycles.